The van der Waals surface area contributed by atoms with Crippen LogP contribution in [0.2, 0.25) is 0 Å². The maximum Gasteiger partial charge on any atom is 0.338 e. The van der Waals surface area contributed by atoms with Gasteiger partial charge in [0, 0.05) is 17.7 Å². The molecule has 0 spiro atoms. The molecule has 0 saturated carbocycles. The van der Waals surface area contributed by atoms with Gasteiger partial charge in [0.2, 0.25) is 0 Å². The number of hydrogen-bond donors (Lipinski definition) is 0. The summed E-state index contributed by atoms with van der Waals surface area (Å²) in [5.41, 5.74) is 3.02. The number of likely N-dealkylation sites (N-methyl/N-ethyl adjacent to an activating group) is 1. The standard InChI is InChI=1S/C33H31N3O5S/c1-5-12-22-27(32(39)41-7-3)28(25-20-14-9-8-13-19(20)17-18-24(25)40-4)36-31(38)29(42-33(36)34-22)26-21-15-10-11-16-23(21)35(6-2)30(26)37/h8-11,13-18,28H,5-7,12H2,1-4H3/b29-26+/t28-/m1/s1. The topological polar surface area (TPSA) is 90.2 Å². The summed E-state index contributed by atoms with van der Waals surface area (Å²) in [6, 6.07) is 18.3. The van der Waals surface area contributed by atoms with Crippen LogP contribution in [0.4, 0.5) is 5.69 Å². The Morgan fingerprint density at radius 2 is 1.76 bits per heavy atom. The minimum atomic E-state index is -0.869. The van der Waals surface area contributed by atoms with E-state index in [1.807, 2.05) is 74.5 Å². The Balaban J connectivity index is 1.75. The molecule has 4 aromatic rings. The molecular formula is C33H31N3O5S. The first-order valence-electron chi connectivity index (χ1n) is 14.2. The van der Waals surface area contributed by atoms with Gasteiger partial charge in [0.1, 0.15) is 16.3 Å². The van der Waals surface area contributed by atoms with Gasteiger partial charge in [0.25, 0.3) is 11.5 Å². The molecule has 8 nitrogen and oxygen atoms in total. The number of ether oxygens (including phenoxy) is 2. The van der Waals surface area contributed by atoms with Crippen LogP contribution in [0.5, 0.6) is 5.75 Å². The number of allylic oxidation sites excluding steroid dienone is 1. The minimum absolute atomic E-state index is 0.174. The van der Waals surface area contributed by atoms with E-state index in [1.165, 1.54) is 11.3 Å². The van der Waals surface area contributed by atoms with Crippen molar-refractivity contribution in [1.29, 1.82) is 0 Å². The van der Waals surface area contributed by atoms with Gasteiger partial charge in [-0.2, -0.15) is 0 Å². The van der Waals surface area contributed by atoms with E-state index in [4.69, 9.17) is 14.5 Å². The molecule has 0 bridgehead atoms. The Hall–Kier alpha value is -4.50. The molecule has 3 aromatic carbocycles. The molecule has 6 rings (SSSR count). The molecule has 0 unspecified atom stereocenters. The van der Waals surface area contributed by atoms with Crippen molar-refractivity contribution in [2.45, 2.75) is 39.7 Å². The van der Waals surface area contributed by atoms with Gasteiger partial charge in [-0.1, -0.05) is 73.2 Å². The van der Waals surface area contributed by atoms with Crippen LogP contribution in [0, 0.1) is 0 Å². The van der Waals surface area contributed by atoms with E-state index in [0.29, 0.717) is 56.0 Å². The van der Waals surface area contributed by atoms with Crippen LogP contribution < -0.4 is 24.5 Å². The molecule has 9 heteroatoms. The fraction of sp³-hybridized carbons (Fsp3) is 0.273. The molecule has 0 N–H and O–H groups in total. The Morgan fingerprint density at radius 1 is 1.00 bits per heavy atom. The minimum Gasteiger partial charge on any atom is -0.496 e. The second kappa shape index (κ2) is 11.1. The van der Waals surface area contributed by atoms with E-state index in [-0.39, 0.29) is 18.1 Å². The Bertz CT molecular complexity index is 1970. The first kappa shape index (κ1) is 27.7. The highest BCUT2D eigenvalue weighted by molar-refractivity contribution is 7.07. The highest BCUT2D eigenvalue weighted by Crippen LogP contribution is 2.41. The van der Waals surface area contributed by atoms with Gasteiger partial charge in [-0.3, -0.25) is 14.2 Å². The summed E-state index contributed by atoms with van der Waals surface area (Å²) in [4.78, 5) is 49.0. The number of aromatic nitrogens is 1. The lowest BCUT2D eigenvalue weighted by Crippen LogP contribution is -2.41. The largest absolute Gasteiger partial charge is 0.496 e. The number of benzene rings is 3. The Labute approximate surface area is 246 Å². The number of amides is 1. The molecule has 2 aliphatic rings. The highest BCUT2D eigenvalue weighted by Gasteiger charge is 2.39. The second-order valence-corrected chi connectivity index (χ2v) is 11.1. The molecule has 214 valence electrons. The predicted octanol–water partition coefficient (Wildman–Crippen LogP) is 4.48. The molecular weight excluding hydrogens is 550 g/mol. The molecule has 1 aromatic heterocycles. The van der Waals surface area contributed by atoms with Crippen molar-refractivity contribution in [3.63, 3.8) is 0 Å². The van der Waals surface area contributed by atoms with Gasteiger partial charge in [-0.05, 0) is 43.2 Å². The third-order valence-electron chi connectivity index (χ3n) is 7.76. The van der Waals surface area contributed by atoms with Gasteiger partial charge in [-0.25, -0.2) is 9.79 Å². The van der Waals surface area contributed by atoms with Crippen molar-refractivity contribution in [2.24, 2.45) is 4.99 Å². The first-order valence-corrected chi connectivity index (χ1v) is 15.0. The highest BCUT2D eigenvalue weighted by atomic mass is 32.1. The van der Waals surface area contributed by atoms with Crippen LogP contribution in [0.25, 0.3) is 16.3 Å². The molecule has 0 aliphatic carbocycles. The smallest absolute Gasteiger partial charge is 0.338 e. The van der Waals surface area contributed by atoms with Gasteiger partial charge in [0.05, 0.1) is 36.2 Å². The van der Waals surface area contributed by atoms with Crippen LogP contribution in [-0.4, -0.2) is 36.7 Å². The number of rotatable bonds is 7. The van der Waals surface area contributed by atoms with Crippen LogP contribution in [-0.2, 0) is 14.3 Å². The SMILES string of the molecule is CCCC1=C(C(=O)OCC)[C@@H](c2c(OC)ccc3ccccc23)n2c(s/c(=C3/C(=O)N(CC)c4ccccc43)c2=O)=N1. The van der Waals surface area contributed by atoms with Gasteiger partial charge < -0.3 is 14.4 Å². The second-order valence-electron chi connectivity index (χ2n) is 10.1. The van der Waals surface area contributed by atoms with Gasteiger partial charge >= 0.3 is 5.97 Å². The van der Waals surface area contributed by atoms with Crippen molar-refractivity contribution < 1.29 is 19.1 Å². The van der Waals surface area contributed by atoms with Crippen LogP contribution in [0.3, 0.4) is 0 Å². The van der Waals surface area contributed by atoms with Gasteiger partial charge in [0.15, 0.2) is 4.80 Å². The molecule has 0 fully saturated rings. The summed E-state index contributed by atoms with van der Waals surface area (Å²) >= 11 is 1.19. The molecule has 0 saturated heterocycles. The number of carbonyl (C=O) groups excluding carboxylic acids is 2. The summed E-state index contributed by atoms with van der Waals surface area (Å²) < 4.78 is 13.3. The number of thiazole rings is 1. The monoisotopic (exact) mass is 581 g/mol. The third-order valence-corrected chi connectivity index (χ3v) is 8.81. The van der Waals surface area contributed by atoms with E-state index >= 15 is 0 Å². The summed E-state index contributed by atoms with van der Waals surface area (Å²) in [6.45, 7) is 6.33. The molecule has 42 heavy (non-hydrogen) atoms. The molecule has 3 heterocycles. The van der Waals surface area contributed by atoms with Crippen LogP contribution in [0.1, 0.15) is 50.8 Å². The quantitative estimate of drug-likeness (QED) is 0.301. The van der Waals surface area contributed by atoms with Crippen molar-refractivity contribution in [3.05, 3.63) is 103 Å². The maximum atomic E-state index is 14.6. The zero-order valence-electron chi connectivity index (χ0n) is 24.0. The van der Waals surface area contributed by atoms with Crippen molar-refractivity contribution in [3.8, 4) is 5.75 Å². The summed E-state index contributed by atoms with van der Waals surface area (Å²) in [5, 5.41) is 1.79. The number of methoxy groups -OCH3 is 1. The van der Waals surface area contributed by atoms with E-state index < -0.39 is 12.0 Å². The molecule has 2 aliphatic heterocycles. The predicted molar refractivity (Wildman–Crippen MR) is 164 cm³/mol. The summed E-state index contributed by atoms with van der Waals surface area (Å²) in [6.07, 6.45) is 1.25. The zero-order valence-corrected chi connectivity index (χ0v) is 24.8. The van der Waals surface area contributed by atoms with E-state index in [0.717, 1.165) is 22.9 Å². The average molecular weight is 582 g/mol. The number of hydrogen-bond acceptors (Lipinski definition) is 7. The lowest BCUT2D eigenvalue weighted by Gasteiger charge is -2.28. The summed E-state index contributed by atoms with van der Waals surface area (Å²) in [7, 11) is 1.58. The van der Waals surface area contributed by atoms with E-state index in [1.54, 1.807) is 23.5 Å². The lowest BCUT2D eigenvalue weighted by molar-refractivity contribution is -0.139. The normalized spacial score (nSPS) is 17.3. The van der Waals surface area contributed by atoms with E-state index in [9.17, 15) is 14.4 Å². The fourth-order valence-corrected chi connectivity index (χ4v) is 7.10. The molecule has 1 atom stereocenters. The van der Waals surface area contributed by atoms with E-state index in [2.05, 4.69) is 0 Å². The van der Waals surface area contributed by atoms with Crippen molar-refractivity contribution >= 4 is 45.2 Å². The first-order chi connectivity index (χ1) is 20.4. The van der Waals surface area contributed by atoms with Crippen molar-refractivity contribution in [1.82, 2.24) is 4.57 Å². The molecule has 1 amide bonds. The average Bonchev–Trinajstić information content (AvgIpc) is 3.47. The van der Waals surface area contributed by atoms with Crippen LogP contribution >= 0.6 is 11.3 Å². The Morgan fingerprint density at radius 3 is 2.50 bits per heavy atom. The third kappa shape index (κ3) is 4.18. The number of anilines is 1. The number of nitrogens with zero attached hydrogens (tertiary/aromatic N) is 3. The summed E-state index contributed by atoms with van der Waals surface area (Å²) in [5.74, 6) is -0.209. The van der Waals surface area contributed by atoms with Crippen molar-refractivity contribution in [2.75, 3.05) is 25.2 Å². The number of esters is 1. The zero-order chi connectivity index (χ0) is 29.5. The maximum absolute atomic E-state index is 14.6. The lowest BCUT2D eigenvalue weighted by atomic mass is 9.90. The molecule has 0 radical (unpaired) electrons. The number of para-hydroxylation sites is 1. The van der Waals surface area contributed by atoms with Gasteiger partial charge in [-0.15, -0.1) is 0 Å². The number of carbonyl (C=O) groups is 2. The Kier molecular flexibility index (Phi) is 7.28. The number of fused-ring (bicyclic) bond motifs is 3. The van der Waals surface area contributed by atoms with Crippen LogP contribution in [0.15, 0.2) is 81.7 Å². The fourth-order valence-electron chi connectivity index (χ4n) is 5.99.